The van der Waals surface area contributed by atoms with Crippen LogP contribution in [0.2, 0.25) is 0 Å². The van der Waals surface area contributed by atoms with Gasteiger partial charge in [-0.2, -0.15) is 5.10 Å². The van der Waals surface area contributed by atoms with E-state index < -0.39 is 4.92 Å². The summed E-state index contributed by atoms with van der Waals surface area (Å²) in [6.45, 7) is 4.17. The van der Waals surface area contributed by atoms with Gasteiger partial charge in [0.05, 0.1) is 39.9 Å². The minimum absolute atomic E-state index is 0.0411. The first kappa shape index (κ1) is 18.1. The van der Waals surface area contributed by atoms with Crippen LogP contribution in [0.15, 0.2) is 57.8 Å². The number of hydrogen-bond acceptors (Lipinski definition) is 8. The lowest BCUT2D eigenvalue weighted by atomic mass is 10.1. The minimum atomic E-state index is -0.467. The number of ether oxygens (including phenoxy) is 2. The third kappa shape index (κ3) is 3.47. The molecule has 0 atom stereocenters. The average molecular weight is 414 g/mol. The molecule has 3 aromatic rings. The van der Waals surface area contributed by atoms with E-state index >= 15 is 0 Å². The van der Waals surface area contributed by atoms with Gasteiger partial charge in [0.2, 0.25) is 11.6 Å². The Kier molecular flexibility index (Phi) is 5.04. The van der Waals surface area contributed by atoms with Crippen molar-refractivity contribution >= 4 is 34.6 Å². The van der Waals surface area contributed by atoms with Crippen molar-refractivity contribution in [3.63, 3.8) is 0 Å². The Hall–Kier alpha value is -3.24. The van der Waals surface area contributed by atoms with Crippen molar-refractivity contribution in [1.29, 1.82) is 0 Å². The fourth-order valence-corrected chi connectivity index (χ4v) is 4.22. The van der Waals surface area contributed by atoms with Gasteiger partial charge in [-0.05, 0) is 17.5 Å². The van der Waals surface area contributed by atoms with Gasteiger partial charge in [0.15, 0.2) is 11.5 Å². The SMILES string of the molecule is C=CCN=c1scc(-c2cccs2)n1N=Cc1cc2c(cc1[N+](=O)[O-])OCO2. The summed E-state index contributed by atoms with van der Waals surface area (Å²) in [7, 11) is 0. The quantitative estimate of drug-likeness (QED) is 0.265. The molecule has 8 nitrogen and oxygen atoms in total. The standard InChI is InChI=1S/C18H14N4O4S2/c1-2-5-19-18-21(14(10-28-18)17-4-3-6-27-17)20-9-12-7-15-16(26-11-25-15)8-13(12)22(23)24/h2-4,6-10H,1,5,11H2. The maximum absolute atomic E-state index is 11.5. The lowest BCUT2D eigenvalue weighted by Crippen LogP contribution is -2.12. The molecule has 28 heavy (non-hydrogen) atoms. The zero-order valence-corrected chi connectivity index (χ0v) is 16.1. The largest absolute Gasteiger partial charge is 0.454 e. The van der Waals surface area contributed by atoms with E-state index in [1.54, 1.807) is 28.2 Å². The fraction of sp³-hybridized carbons (Fsp3) is 0.111. The molecular formula is C18H14N4O4S2. The highest BCUT2D eigenvalue weighted by molar-refractivity contribution is 7.14. The summed E-state index contributed by atoms with van der Waals surface area (Å²) in [5.74, 6) is 0.811. The molecule has 0 spiro atoms. The molecule has 4 rings (SSSR count). The Labute approximate surface area is 167 Å². The Morgan fingerprint density at radius 1 is 1.32 bits per heavy atom. The number of hydrogen-bond donors (Lipinski definition) is 0. The number of rotatable bonds is 6. The van der Waals surface area contributed by atoms with E-state index in [-0.39, 0.29) is 12.5 Å². The van der Waals surface area contributed by atoms with Gasteiger partial charge >= 0.3 is 0 Å². The average Bonchev–Trinajstić information content (AvgIpc) is 3.43. The van der Waals surface area contributed by atoms with Gasteiger partial charge in [-0.1, -0.05) is 12.1 Å². The van der Waals surface area contributed by atoms with Crippen LogP contribution in [-0.4, -0.2) is 29.2 Å². The van der Waals surface area contributed by atoms with E-state index in [9.17, 15) is 10.1 Å². The predicted molar refractivity (Wildman–Crippen MR) is 108 cm³/mol. The van der Waals surface area contributed by atoms with E-state index in [0.29, 0.717) is 28.4 Å². The van der Waals surface area contributed by atoms with Crippen LogP contribution in [0.4, 0.5) is 5.69 Å². The van der Waals surface area contributed by atoms with Gasteiger partial charge in [0, 0.05) is 5.38 Å². The molecule has 1 aliphatic rings. The van der Waals surface area contributed by atoms with E-state index in [0.717, 1.165) is 10.6 Å². The van der Waals surface area contributed by atoms with Gasteiger partial charge in [-0.3, -0.25) is 15.1 Å². The van der Waals surface area contributed by atoms with Crippen molar-refractivity contribution in [2.24, 2.45) is 10.1 Å². The minimum Gasteiger partial charge on any atom is -0.454 e. The lowest BCUT2D eigenvalue weighted by molar-refractivity contribution is -0.385. The van der Waals surface area contributed by atoms with E-state index in [4.69, 9.17) is 9.47 Å². The molecule has 1 aromatic carbocycles. The summed E-state index contributed by atoms with van der Waals surface area (Å²) >= 11 is 3.02. The highest BCUT2D eigenvalue weighted by atomic mass is 32.1. The van der Waals surface area contributed by atoms with Crippen molar-refractivity contribution in [2.75, 3.05) is 13.3 Å². The second-order valence-electron chi connectivity index (χ2n) is 5.59. The van der Waals surface area contributed by atoms with Crippen molar-refractivity contribution in [3.8, 4) is 22.1 Å². The lowest BCUT2D eigenvalue weighted by Gasteiger charge is -2.03. The molecule has 10 heteroatoms. The van der Waals surface area contributed by atoms with Gasteiger partial charge < -0.3 is 9.47 Å². The number of nitrogens with zero attached hydrogens (tertiary/aromatic N) is 4. The summed E-state index contributed by atoms with van der Waals surface area (Å²) in [6.07, 6.45) is 3.14. The first-order valence-corrected chi connectivity index (χ1v) is 9.91. The van der Waals surface area contributed by atoms with Crippen molar-refractivity contribution in [3.05, 3.63) is 68.2 Å². The summed E-state index contributed by atoms with van der Waals surface area (Å²) in [5, 5.41) is 19.9. The van der Waals surface area contributed by atoms with Crippen LogP contribution in [0, 0.1) is 10.1 Å². The van der Waals surface area contributed by atoms with E-state index in [2.05, 4.69) is 16.7 Å². The highest BCUT2D eigenvalue weighted by Gasteiger charge is 2.22. The molecule has 3 heterocycles. The zero-order chi connectivity index (χ0) is 19.5. The number of thiazole rings is 1. The van der Waals surface area contributed by atoms with Gasteiger partial charge in [0.25, 0.3) is 5.69 Å². The first-order valence-electron chi connectivity index (χ1n) is 8.15. The van der Waals surface area contributed by atoms with E-state index in [1.807, 2.05) is 22.9 Å². The Balaban J connectivity index is 1.81. The first-order chi connectivity index (χ1) is 13.7. The van der Waals surface area contributed by atoms with Crippen molar-refractivity contribution in [2.45, 2.75) is 0 Å². The van der Waals surface area contributed by atoms with Crippen LogP contribution in [-0.2, 0) is 0 Å². The summed E-state index contributed by atoms with van der Waals surface area (Å²) < 4.78 is 12.2. The maximum Gasteiger partial charge on any atom is 0.282 e. The van der Waals surface area contributed by atoms with Crippen LogP contribution < -0.4 is 14.3 Å². The van der Waals surface area contributed by atoms with Crippen LogP contribution >= 0.6 is 22.7 Å². The third-order valence-corrected chi connectivity index (χ3v) is 5.59. The topological polar surface area (TPSA) is 91.2 Å². The van der Waals surface area contributed by atoms with Crippen LogP contribution in [0.3, 0.4) is 0 Å². The van der Waals surface area contributed by atoms with Crippen LogP contribution in [0.25, 0.3) is 10.6 Å². The molecule has 2 aromatic heterocycles. The molecule has 0 amide bonds. The normalized spacial score (nSPS) is 13.4. The molecule has 0 saturated heterocycles. The molecule has 0 radical (unpaired) electrons. The number of nitro groups is 1. The number of thiophene rings is 1. The molecular weight excluding hydrogens is 400 g/mol. The molecule has 0 fully saturated rings. The smallest absolute Gasteiger partial charge is 0.282 e. The van der Waals surface area contributed by atoms with Gasteiger partial charge in [-0.25, -0.2) is 4.68 Å². The molecule has 0 N–H and O–H groups in total. The number of nitro benzene ring substituents is 1. The van der Waals surface area contributed by atoms with Crippen molar-refractivity contribution < 1.29 is 14.4 Å². The Morgan fingerprint density at radius 2 is 2.14 bits per heavy atom. The fourth-order valence-electron chi connectivity index (χ4n) is 2.59. The maximum atomic E-state index is 11.5. The number of aromatic nitrogens is 1. The summed E-state index contributed by atoms with van der Waals surface area (Å²) in [6, 6.07) is 6.85. The summed E-state index contributed by atoms with van der Waals surface area (Å²) in [5.41, 5.74) is 1.08. The Morgan fingerprint density at radius 3 is 2.86 bits per heavy atom. The van der Waals surface area contributed by atoms with Crippen LogP contribution in [0.1, 0.15) is 5.56 Å². The van der Waals surface area contributed by atoms with Crippen LogP contribution in [0.5, 0.6) is 11.5 Å². The Bertz CT molecular complexity index is 1130. The van der Waals surface area contributed by atoms with Crippen molar-refractivity contribution in [1.82, 2.24) is 4.68 Å². The second kappa shape index (κ2) is 7.79. The molecule has 0 unspecified atom stereocenters. The molecule has 0 bridgehead atoms. The predicted octanol–water partition coefficient (Wildman–Crippen LogP) is 3.88. The third-order valence-electron chi connectivity index (χ3n) is 3.85. The molecule has 0 aliphatic carbocycles. The number of fused-ring (bicyclic) bond motifs is 1. The van der Waals surface area contributed by atoms with Gasteiger partial charge in [0.1, 0.15) is 0 Å². The molecule has 142 valence electrons. The zero-order valence-electron chi connectivity index (χ0n) is 14.5. The molecule has 1 aliphatic heterocycles. The number of benzene rings is 1. The molecule has 0 saturated carbocycles. The van der Waals surface area contributed by atoms with E-state index in [1.165, 1.54) is 23.6 Å². The van der Waals surface area contributed by atoms with Gasteiger partial charge in [-0.15, -0.1) is 29.3 Å². The second-order valence-corrected chi connectivity index (χ2v) is 7.37. The monoisotopic (exact) mass is 414 g/mol. The highest BCUT2D eigenvalue weighted by Crippen LogP contribution is 2.37. The summed E-state index contributed by atoms with van der Waals surface area (Å²) in [4.78, 5) is 17.1.